The van der Waals surface area contributed by atoms with Crippen LogP contribution in [0.2, 0.25) is 0 Å². The number of carbonyl (C=O) groups is 1. The van der Waals surface area contributed by atoms with Crippen molar-refractivity contribution < 1.29 is 4.79 Å². The second kappa shape index (κ2) is 6.45. The minimum Gasteiger partial charge on any atom is -0.326 e. The average molecular weight is 335 g/mol. The van der Waals surface area contributed by atoms with Crippen molar-refractivity contribution >= 4 is 24.0 Å². The summed E-state index contributed by atoms with van der Waals surface area (Å²) in [6.07, 6.45) is 8.30. The zero-order chi connectivity index (χ0) is 15.2. The molecule has 0 radical (unpaired) electrons. The molecule has 1 heterocycles. The second-order valence-electron chi connectivity index (χ2n) is 7.26. The van der Waals surface area contributed by atoms with Crippen LogP contribution in [0.3, 0.4) is 0 Å². The standard InChI is InChI=1S/C19H26N2O.ClH/c1-2-18(22)21-16-8-5-7-14-13(16)12-17-15-6-3-4-9-19(14,15)10-11-20-17;/h5,7-8,15,17,20H,2-4,6,9-12H2,1H3,(H,21,22);1H/t15-,17+,19-;/m0./s1. The Hall–Kier alpha value is -1.06. The van der Waals surface area contributed by atoms with Crippen LogP contribution in [0.1, 0.15) is 56.6 Å². The number of carbonyl (C=O) groups excluding carboxylic acids is 1. The number of benzene rings is 1. The Kier molecular flexibility index (Phi) is 4.70. The van der Waals surface area contributed by atoms with Gasteiger partial charge >= 0.3 is 0 Å². The smallest absolute Gasteiger partial charge is 0.224 e. The lowest BCUT2D eigenvalue weighted by Crippen LogP contribution is -2.59. The van der Waals surface area contributed by atoms with Gasteiger partial charge in [0.2, 0.25) is 5.91 Å². The lowest BCUT2D eigenvalue weighted by Gasteiger charge is -2.56. The van der Waals surface area contributed by atoms with Gasteiger partial charge in [-0.15, -0.1) is 12.4 Å². The maximum atomic E-state index is 11.9. The average Bonchev–Trinajstić information content (AvgIpc) is 2.55. The van der Waals surface area contributed by atoms with Crippen LogP contribution in [0, 0.1) is 5.92 Å². The van der Waals surface area contributed by atoms with Crippen LogP contribution in [0.15, 0.2) is 18.2 Å². The van der Waals surface area contributed by atoms with Gasteiger partial charge in [-0.25, -0.2) is 0 Å². The van der Waals surface area contributed by atoms with E-state index in [0.717, 1.165) is 24.6 Å². The van der Waals surface area contributed by atoms with Crippen molar-refractivity contribution in [3.8, 4) is 0 Å². The van der Waals surface area contributed by atoms with E-state index in [1.807, 2.05) is 6.92 Å². The van der Waals surface area contributed by atoms with Gasteiger partial charge in [-0.3, -0.25) is 4.79 Å². The quantitative estimate of drug-likeness (QED) is 0.863. The van der Waals surface area contributed by atoms with Crippen LogP contribution < -0.4 is 10.6 Å². The normalized spacial score (nSPS) is 31.3. The minimum absolute atomic E-state index is 0. The molecule has 1 aromatic rings. The number of hydrogen-bond donors (Lipinski definition) is 2. The highest BCUT2D eigenvalue weighted by atomic mass is 35.5. The van der Waals surface area contributed by atoms with Crippen molar-refractivity contribution in [3.63, 3.8) is 0 Å². The van der Waals surface area contributed by atoms with E-state index in [4.69, 9.17) is 0 Å². The molecule has 2 N–H and O–H groups in total. The number of halogens is 1. The van der Waals surface area contributed by atoms with Gasteiger partial charge in [0.1, 0.15) is 0 Å². The van der Waals surface area contributed by atoms with Crippen molar-refractivity contribution in [1.29, 1.82) is 0 Å². The van der Waals surface area contributed by atoms with Gasteiger partial charge in [-0.1, -0.05) is 31.9 Å². The summed E-state index contributed by atoms with van der Waals surface area (Å²) in [5.41, 5.74) is 4.37. The number of amides is 1. The Morgan fingerprint density at radius 1 is 1.35 bits per heavy atom. The summed E-state index contributed by atoms with van der Waals surface area (Å²) >= 11 is 0. The van der Waals surface area contributed by atoms with Crippen LogP contribution in [0.4, 0.5) is 5.69 Å². The summed E-state index contributed by atoms with van der Waals surface area (Å²) in [5.74, 6) is 0.911. The first-order valence-electron chi connectivity index (χ1n) is 8.90. The third-order valence-corrected chi connectivity index (χ3v) is 6.29. The molecule has 0 spiro atoms. The topological polar surface area (TPSA) is 41.1 Å². The van der Waals surface area contributed by atoms with E-state index in [1.54, 1.807) is 5.56 Å². The highest BCUT2D eigenvalue weighted by molar-refractivity contribution is 5.91. The molecule has 2 fully saturated rings. The summed E-state index contributed by atoms with van der Waals surface area (Å²) in [5, 5.41) is 6.90. The van der Waals surface area contributed by atoms with E-state index >= 15 is 0 Å². The lowest BCUT2D eigenvalue weighted by atomic mass is 9.52. The molecule has 23 heavy (non-hydrogen) atoms. The van der Waals surface area contributed by atoms with E-state index in [2.05, 4.69) is 28.8 Å². The molecule has 3 aliphatic rings. The van der Waals surface area contributed by atoms with Crippen LogP contribution in [-0.2, 0) is 16.6 Å². The molecule has 3 nitrogen and oxygen atoms in total. The fraction of sp³-hybridized carbons (Fsp3) is 0.632. The maximum absolute atomic E-state index is 11.9. The van der Waals surface area contributed by atoms with Gasteiger partial charge in [0.15, 0.2) is 0 Å². The molecule has 1 amide bonds. The fourth-order valence-electron chi connectivity index (χ4n) is 5.32. The molecule has 1 aliphatic heterocycles. The number of anilines is 1. The van der Waals surface area contributed by atoms with Crippen LogP contribution in [-0.4, -0.2) is 18.5 Å². The Balaban J connectivity index is 0.00000156. The molecule has 0 aromatic heterocycles. The zero-order valence-corrected chi connectivity index (χ0v) is 14.7. The molecule has 4 rings (SSSR count). The van der Waals surface area contributed by atoms with Crippen molar-refractivity contribution in [2.24, 2.45) is 5.92 Å². The molecule has 0 unspecified atom stereocenters. The zero-order valence-electron chi connectivity index (χ0n) is 13.9. The Bertz CT molecular complexity index is 599. The number of rotatable bonds is 2. The van der Waals surface area contributed by atoms with E-state index < -0.39 is 0 Å². The molecule has 3 atom stereocenters. The molecule has 1 aromatic carbocycles. The Morgan fingerprint density at radius 2 is 2.22 bits per heavy atom. The third kappa shape index (κ3) is 2.58. The molecular formula is C19H27ClN2O. The van der Waals surface area contributed by atoms with Crippen molar-refractivity contribution in [3.05, 3.63) is 29.3 Å². The van der Waals surface area contributed by atoms with E-state index in [-0.39, 0.29) is 18.3 Å². The predicted octanol–water partition coefficient (Wildman–Crippen LogP) is 3.80. The second-order valence-corrected chi connectivity index (χ2v) is 7.26. The number of piperidine rings is 1. The number of fused-ring (bicyclic) bond motifs is 1. The van der Waals surface area contributed by atoms with E-state index in [0.29, 0.717) is 17.9 Å². The first-order chi connectivity index (χ1) is 10.7. The number of hydrogen-bond acceptors (Lipinski definition) is 2. The molecule has 1 saturated heterocycles. The first kappa shape index (κ1) is 16.8. The molecular weight excluding hydrogens is 308 g/mol. The predicted molar refractivity (Wildman–Crippen MR) is 96.4 cm³/mol. The third-order valence-electron chi connectivity index (χ3n) is 6.29. The Labute approximate surface area is 145 Å². The lowest BCUT2D eigenvalue weighted by molar-refractivity contribution is -0.115. The monoisotopic (exact) mass is 334 g/mol. The van der Waals surface area contributed by atoms with Crippen LogP contribution >= 0.6 is 12.4 Å². The molecule has 4 heteroatoms. The van der Waals surface area contributed by atoms with Gasteiger partial charge in [0, 0.05) is 23.6 Å². The molecule has 2 bridgehead atoms. The van der Waals surface area contributed by atoms with Gasteiger partial charge < -0.3 is 10.6 Å². The minimum atomic E-state index is 0. The van der Waals surface area contributed by atoms with Gasteiger partial charge in [-0.05, 0) is 55.3 Å². The molecule has 1 saturated carbocycles. The van der Waals surface area contributed by atoms with Gasteiger partial charge in [0.05, 0.1) is 0 Å². The highest BCUT2D eigenvalue weighted by Gasteiger charge is 2.51. The summed E-state index contributed by atoms with van der Waals surface area (Å²) in [6.45, 7) is 3.06. The highest BCUT2D eigenvalue weighted by Crippen LogP contribution is 2.54. The van der Waals surface area contributed by atoms with E-state index in [9.17, 15) is 4.79 Å². The summed E-state index contributed by atoms with van der Waals surface area (Å²) < 4.78 is 0. The SMILES string of the molecule is CCC(=O)Nc1cccc2c1C[C@H]1NCC[C@@]23CCCC[C@@H]13.Cl. The van der Waals surface area contributed by atoms with Crippen molar-refractivity contribution in [1.82, 2.24) is 5.32 Å². The van der Waals surface area contributed by atoms with Crippen molar-refractivity contribution in [2.45, 2.75) is 63.3 Å². The largest absolute Gasteiger partial charge is 0.326 e. The van der Waals surface area contributed by atoms with Crippen molar-refractivity contribution in [2.75, 3.05) is 11.9 Å². The van der Waals surface area contributed by atoms with Crippen LogP contribution in [0.25, 0.3) is 0 Å². The van der Waals surface area contributed by atoms with Crippen LogP contribution in [0.5, 0.6) is 0 Å². The summed E-state index contributed by atoms with van der Waals surface area (Å²) in [6, 6.07) is 7.17. The Morgan fingerprint density at radius 3 is 3.04 bits per heavy atom. The fourth-order valence-corrected chi connectivity index (χ4v) is 5.32. The summed E-state index contributed by atoms with van der Waals surface area (Å²) in [4.78, 5) is 11.9. The molecule has 126 valence electrons. The maximum Gasteiger partial charge on any atom is 0.224 e. The van der Waals surface area contributed by atoms with E-state index in [1.165, 1.54) is 37.7 Å². The first-order valence-corrected chi connectivity index (χ1v) is 8.90. The summed E-state index contributed by atoms with van der Waals surface area (Å²) in [7, 11) is 0. The molecule has 2 aliphatic carbocycles. The van der Waals surface area contributed by atoms with Gasteiger partial charge in [-0.2, -0.15) is 0 Å². The number of nitrogens with one attached hydrogen (secondary N) is 2. The van der Waals surface area contributed by atoms with Gasteiger partial charge in [0.25, 0.3) is 0 Å².